The summed E-state index contributed by atoms with van der Waals surface area (Å²) in [4.78, 5) is 25.7. The third kappa shape index (κ3) is 3.71. The number of carbonyl (C=O) groups is 1. The van der Waals surface area contributed by atoms with Gasteiger partial charge in [-0.15, -0.1) is 0 Å². The molecule has 0 unspecified atom stereocenters. The number of ether oxygens (including phenoxy) is 3. The lowest BCUT2D eigenvalue weighted by atomic mass is 10.1. The van der Waals surface area contributed by atoms with E-state index < -0.39 is 10.9 Å². The van der Waals surface area contributed by atoms with Crippen molar-refractivity contribution in [1.29, 1.82) is 0 Å². The molecule has 0 radical (unpaired) electrons. The Hall–Kier alpha value is -3.29. The predicted molar refractivity (Wildman–Crippen MR) is 101 cm³/mol. The van der Waals surface area contributed by atoms with E-state index in [1.54, 1.807) is 30.3 Å². The fraction of sp³-hybridized carbons (Fsp3) is 0.350. The Kier molecular flexibility index (Phi) is 5.01. The van der Waals surface area contributed by atoms with Gasteiger partial charge in [-0.05, 0) is 37.1 Å². The molecule has 4 rings (SSSR count). The largest absolute Gasteiger partial charge is 0.454 e. The van der Waals surface area contributed by atoms with Crippen molar-refractivity contribution in [3.63, 3.8) is 0 Å². The lowest BCUT2D eigenvalue weighted by Crippen LogP contribution is -2.25. The Morgan fingerprint density at radius 1 is 1.00 bits per heavy atom. The molecule has 8 heteroatoms. The normalized spacial score (nSPS) is 15.8. The van der Waals surface area contributed by atoms with Crippen molar-refractivity contribution in [2.45, 2.75) is 25.7 Å². The number of anilines is 1. The van der Waals surface area contributed by atoms with Gasteiger partial charge in [0.25, 0.3) is 5.69 Å². The standard InChI is InChI=1S/C20H20N2O6/c23-20(28-15-6-8-18-19(12-15)27-13-26-18)14-5-7-16(17(11-14)22(24)25)21-9-3-1-2-4-10-21/h5-8,11-12H,1-4,9-10,13H2. The van der Waals surface area contributed by atoms with Crippen LogP contribution >= 0.6 is 0 Å². The summed E-state index contributed by atoms with van der Waals surface area (Å²) in [6.45, 7) is 1.68. The van der Waals surface area contributed by atoms with E-state index in [2.05, 4.69) is 0 Å². The first-order chi connectivity index (χ1) is 13.6. The topological polar surface area (TPSA) is 91.1 Å². The van der Waals surface area contributed by atoms with Crippen molar-refractivity contribution in [2.75, 3.05) is 24.8 Å². The van der Waals surface area contributed by atoms with Crippen molar-refractivity contribution in [1.82, 2.24) is 0 Å². The van der Waals surface area contributed by atoms with Crippen LogP contribution in [0.25, 0.3) is 0 Å². The second-order valence-corrected chi connectivity index (χ2v) is 6.77. The molecule has 0 aromatic heterocycles. The van der Waals surface area contributed by atoms with Crippen LogP contribution in [0, 0.1) is 10.1 Å². The average Bonchev–Trinajstić information content (AvgIpc) is 2.99. The summed E-state index contributed by atoms with van der Waals surface area (Å²) >= 11 is 0. The maximum atomic E-state index is 12.5. The molecule has 2 aromatic rings. The van der Waals surface area contributed by atoms with E-state index in [0.29, 0.717) is 17.2 Å². The average molecular weight is 384 g/mol. The minimum Gasteiger partial charge on any atom is -0.454 e. The third-order valence-corrected chi connectivity index (χ3v) is 4.91. The summed E-state index contributed by atoms with van der Waals surface area (Å²) in [6.07, 6.45) is 4.27. The lowest BCUT2D eigenvalue weighted by Gasteiger charge is -2.22. The number of carbonyl (C=O) groups excluding carboxylic acids is 1. The zero-order valence-electron chi connectivity index (χ0n) is 15.3. The number of hydrogen-bond donors (Lipinski definition) is 0. The lowest BCUT2D eigenvalue weighted by molar-refractivity contribution is -0.384. The number of esters is 1. The molecule has 1 fully saturated rings. The molecule has 0 aliphatic carbocycles. The van der Waals surface area contributed by atoms with Crippen LogP contribution in [0.2, 0.25) is 0 Å². The van der Waals surface area contributed by atoms with Gasteiger partial charge in [-0.25, -0.2) is 4.79 Å². The molecule has 2 aliphatic rings. The van der Waals surface area contributed by atoms with Gasteiger partial charge in [-0.2, -0.15) is 0 Å². The maximum Gasteiger partial charge on any atom is 0.343 e. The molecule has 146 valence electrons. The molecule has 0 atom stereocenters. The van der Waals surface area contributed by atoms with Gasteiger partial charge >= 0.3 is 5.97 Å². The smallest absolute Gasteiger partial charge is 0.343 e. The van der Waals surface area contributed by atoms with Gasteiger partial charge in [0, 0.05) is 25.2 Å². The summed E-state index contributed by atoms with van der Waals surface area (Å²) in [5.41, 5.74) is 0.594. The number of nitrogens with zero attached hydrogens (tertiary/aromatic N) is 2. The van der Waals surface area contributed by atoms with Crippen LogP contribution in [0.5, 0.6) is 17.2 Å². The van der Waals surface area contributed by atoms with E-state index in [1.807, 2.05) is 4.90 Å². The quantitative estimate of drug-likeness (QED) is 0.341. The van der Waals surface area contributed by atoms with E-state index in [1.165, 1.54) is 6.07 Å². The molecule has 28 heavy (non-hydrogen) atoms. The number of fused-ring (bicyclic) bond motifs is 1. The highest BCUT2D eigenvalue weighted by Crippen LogP contribution is 2.36. The summed E-state index contributed by atoms with van der Waals surface area (Å²) in [6, 6.07) is 9.29. The van der Waals surface area contributed by atoms with Gasteiger partial charge in [-0.1, -0.05) is 12.8 Å². The number of nitro groups is 1. The molecule has 0 amide bonds. The van der Waals surface area contributed by atoms with E-state index in [-0.39, 0.29) is 23.8 Å². The van der Waals surface area contributed by atoms with Gasteiger partial charge < -0.3 is 19.1 Å². The monoisotopic (exact) mass is 384 g/mol. The molecule has 0 saturated carbocycles. The third-order valence-electron chi connectivity index (χ3n) is 4.91. The minimum atomic E-state index is -0.663. The Labute approximate surface area is 161 Å². The van der Waals surface area contributed by atoms with E-state index in [9.17, 15) is 14.9 Å². The van der Waals surface area contributed by atoms with Crippen molar-refractivity contribution < 1.29 is 23.9 Å². The molecular formula is C20H20N2O6. The van der Waals surface area contributed by atoms with E-state index in [0.717, 1.165) is 38.8 Å². The number of benzene rings is 2. The summed E-state index contributed by atoms with van der Waals surface area (Å²) in [7, 11) is 0. The molecule has 0 spiro atoms. The van der Waals surface area contributed by atoms with Crippen LogP contribution < -0.4 is 19.1 Å². The highest BCUT2D eigenvalue weighted by Gasteiger charge is 2.24. The van der Waals surface area contributed by atoms with Crippen LogP contribution in [-0.4, -0.2) is 30.8 Å². The summed E-state index contributed by atoms with van der Waals surface area (Å²) < 4.78 is 15.8. The van der Waals surface area contributed by atoms with Crippen molar-refractivity contribution in [3.05, 3.63) is 52.1 Å². The first-order valence-corrected chi connectivity index (χ1v) is 9.27. The Bertz CT molecular complexity index is 906. The van der Waals surface area contributed by atoms with Crippen LogP contribution in [0.15, 0.2) is 36.4 Å². The number of rotatable bonds is 4. The van der Waals surface area contributed by atoms with Crippen molar-refractivity contribution >= 4 is 17.3 Å². The van der Waals surface area contributed by atoms with Crippen LogP contribution in [0.4, 0.5) is 11.4 Å². The first kappa shape index (κ1) is 18.1. The van der Waals surface area contributed by atoms with Gasteiger partial charge in [0.1, 0.15) is 11.4 Å². The molecule has 1 saturated heterocycles. The fourth-order valence-electron chi connectivity index (χ4n) is 3.48. The van der Waals surface area contributed by atoms with Gasteiger partial charge in [0.2, 0.25) is 6.79 Å². The molecule has 0 bridgehead atoms. The molecule has 2 heterocycles. The number of nitro benzene ring substituents is 1. The van der Waals surface area contributed by atoms with E-state index >= 15 is 0 Å². The molecule has 8 nitrogen and oxygen atoms in total. The maximum absolute atomic E-state index is 12.5. The Morgan fingerprint density at radius 3 is 2.50 bits per heavy atom. The van der Waals surface area contributed by atoms with Gasteiger partial charge in [0.15, 0.2) is 11.5 Å². The van der Waals surface area contributed by atoms with Crippen molar-refractivity contribution in [2.24, 2.45) is 0 Å². The SMILES string of the molecule is O=C(Oc1ccc2c(c1)OCO2)c1ccc(N2CCCCCC2)c([N+](=O)[O-])c1. The van der Waals surface area contributed by atoms with Crippen molar-refractivity contribution in [3.8, 4) is 17.2 Å². The second kappa shape index (κ2) is 7.75. The second-order valence-electron chi connectivity index (χ2n) is 6.77. The predicted octanol–water partition coefficient (Wildman–Crippen LogP) is 3.92. The molecule has 2 aliphatic heterocycles. The molecular weight excluding hydrogens is 364 g/mol. The Morgan fingerprint density at radius 2 is 1.75 bits per heavy atom. The Balaban J connectivity index is 1.56. The number of hydrogen-bond acceptors (Lipinski definition) is 7. The van der Waals surface area contributed by atoms with Crippen LogP contribution in [-0.2, 0) is 0 Å². The van der Waals surface area contributed by atoms with Gasteiger partial charge in [-0.3, -0.25) is 10.1 Å². The van der Waals surface area contributed by atoms with Gasteiger partial charge in [0.05, 0.1) is 10.5 Å². The first-order valence-electron chi connectivity index (χ1n) is 9.27. The fourth-order valence-corrected chi connectivity index (χ4v) is 3.48. The van der Waals surface area contributed by atoms with Crippen LogP contribution in [0.3, 0.4) is 0 Å². The molecule has 0 N–H and O–H groups in total. The summed E-state index contributed by atoms with van der Waals surface area (Å²) in [5.74, 6) is 0.697. The van der Waals surface area contributed by atoms with E-state index in [4.69, 9.17) is 14.2 Å². The summed E-state index contributed by atoms with van der Waals surface area (Å²) in [5, 5.41) is 11.6. The van der Waals surface area contributed by atoms with Crippen LogP contribution in [0.1, 0.15) is 36.0 Å². The molecule has 2 aromatic carbocycles. The highest BCUT2D eigenvalue weighted by atomic mass is 16.7. The zero-order valence-corrected chi connectivity index (χ0v) is 15.3. The zero-order chi connectivity index (χ0) is 19.5. The highest BCUT2D eigenvalue weighted by molar-refractivity contribution is 5.93. The minimum absolute atomic E-state index is 0.0814.